The van der Waals surface area contributed by atoms with Crippen molar-refractivity contribution in [2.24, 2.45) is 5.41 Å². The molecular formula is C12H17FN2O3. The maximum atomic E-state index is 13.0. The topological polar surface area (TPSA) is 75.4 Å². The van der Waals surface area contributed by atoms with E-state index < -0.39 is 10.7 Å². The second kappa shape index (κ2) is 5.88. The number of hydrogen-bond acceptors (Lipinski definition) is 4. The van der Waals surface area contributed by atoms with Gasteiger partial charge in [-0.3, -0.25) is 10.1 Å². The number of halogens is 1. The molecule has 0 saturated carbocycles. The summed E-state index contributed by atoms with van der Waals surface area (Å²) in [7, 11) is 0. The van der Waals surface area contributed by atoms with Gasteiger partial charge in [-0.15, -0.1) is 0 Å². The second-order valence-corrected chi connectivity index (χ2v) is 4.96. The van der Waals surface area contributed by atoms with E-state index in [1.807, 2.05) is 13.8 Å². The molecule has 2 N–H and O–H groups in total. The average molecular weight is 256 g/mol. The van der Waals surface area contributed by atoms with Crippen LogP contribution >= 0.6 is 0 Å². The maximum Gasteiger partial charge on any atom is 0.274 e. The van der Waals surface area contributed by atoms with Crippen LogP contribution in [0.2, 0.25) is 0 Å². The smallest absolute Gasteiger partial charge is 0.274 e. The Labute approximate surface area is 105 Å². The number of hydrogen-bond donors (Lipinski definition) is 2. The van der Waals surface area contributed by atoms with Crippen LogP contribution in [0.5, 0.6) is 0 Å². The predicted molar refractivity (Wildman–Crippen MR) is 65.6 cm³/mol. The van der Waals surface area contributed by atoms with E-state index in [9.17, 15) is 14.5 Å². The average Bonchev–Trinajstić information content (AvgIpc) is 2.28. The molecule has 0 atom stereocenters. The lowest BCUT2D eigenvalue weighted by molar-refractivity contribution is -0.385. The third-order valence-corrected chi connectivity index (χ3v) is 2.59. The lowest BCUT2D eigenvalue weighted by atomic mass is 9.95. The van der Waals surface area contributed by atoms with E-state index in [-0.39, 0.29) is 24.3 Å². The van der Waals surface area contributed by atoms with Crippen LogP contribution in [0.3, 0.4) is 0 Å². The Morgan fingerprint density at radius 2 is 2.17 bits per heavy atom. The van der Waals surface area contributed by atoms with Gasteiger partial charge in [-0.1, -0.05) is 13.8 Å². The van der Waals surface area contributed by atoms with Crippen molar-refractivity contribution < 1.29 is 14.4 Å². The molecule has 0 spiro atoms. The third-order valence-electron chi connectivity index (χ3n) is 2.59. The molecule has 0 aromatic heterocycles. The van der Waals surface area contributed by atoms with Gasteiger partial charge in [-0.25, -0.2) is 4.39 Å². The minimum absolute atomic E-state index is 0.00520. The molecule has 1 aromatic carbocycles. The fourth-order valence-electron chi connectivity index (χ4n) is 1.47. The molecule has 0 unspecified atom stereocenters. The molecule has 0 amide bonds. The first-order chi connectivity index (χ1) is 8.35. The molecule has 1 aromatic rings. The van der Waals surface area contributed by atoms with Crippen molar-refractivity contribution in [3.05, 3.63) is 39.7 Å². The van der Waals surface area contributed by atoms with E-state index in [1.165, 1.54) is 0 Å². The zero-order valence-electron chi connectivity index (χ0n) is 10.4. The molecule has 0 aliphatic heterocycles. The number of aliphatic hydroxyl groups is 1. The molecule has 5 nitrogen and oxygen atoms in total. The molecule has 0 saturated heterocycles. The van der Waals surface area contributed by atoms with E-state index in [1.54, 1.807) is 0 Å². The minimum Gasteiger partial charge on any atom is -0.396 e. The van der Waals surface area contributed by atoms with E-state index in [2.05, 4.69) is 5.32 Å². The van der Waals surface area contributed by atoms with Crippen molar-refractivity contribution in [1.29, 1.82) is 0 Å². The molecule has 0 aliphatic rings. The summed E-state index contributed by atoms with van der Waals surface area (Å²) < 4.78 is 13.0. The summed E-state index contributed by atoms with van der Waals surface area (Å²) in [6.07, 6.45) is 0. The zero-order chi connectivity index (χ0) is 13.8. The van der Waals surface area contributed by atoms with Crippen molar-refractivity contribution in [2.75, 3.05) is 13.2 Å². The molecule has 18 heavy (non-hydrogen) atoms. The van der Waals surface area contributed by atoms with Crippen LogP contribution < -0.4 is 5.32 Å². The van der Waals surface area contributed by atoms with Crippen molar-refractivity contribution in [3.8, 4) is 0 Å². The second-order valence-electron chi connectivity index (χ2n) is 4.96. The summed E-state index contributed by atoms with van der Waals surface area (Å²) >= 11 is 0. The lowest BCUT2D eigenvalue weighted by Gasteiger charge is -2.21. The Morgan fingerprint density at radius 3 is 2.72 bits per heavy atom. The maximum absolute atomic E-state index is 13.0. The first kappa shape index (κ1) is 14.5. The molecule has 100 valence electrons. The van der Waals surface area contributed by atoms with Crippen molar-refractivity contribution in [2.45, 2.75) is 20.4 Å². The predicted octanol–water partition coefficient (Wildman–Crippen LogP) is 1.84. The summed E-state index contributed by atoms with van der Waals surface area (Å²) in [4.78, 5) is 10.2. The number of rotatable bonds is 6. The molecule has 0 radical (unpaired) electrons. The number of benzene rings is 1. The van der Waals surface area contributed by atoms with Crippen LogP contribution in [0, 0.1) is 21.3 Å². The van der Waals surface area contributed by atoms with Crippen LogP contribution in [0.1, 0.15) is 19.4 Å². The molecule has 0 bridgehead atoms. The highest BCUT2D eigenvalue weighted by atomic mass is 19.1. The quantitative estimate of drug-likeness (QED) is 0.601. The summed E-state index contributed by atoms with van der Waals surface area (Å²) in [5.74, 6) is -0.501. The van der Waals surface area contributed by atoms with Crippen molar-refractivity contribution in [3.63, 3.8) is 0 Å². The van der Waals surface area contributed by atoms with Crippen LogP contribution in [0.15, 0.2) is 18.2 Å². The largest absolute Gasteiger partial charge is 0.396 e. The number of nitro groups is 1. The van der Waals surface area contributed by atoms with E-state index in [0.29, 0.717) is 12.1 Å². The fraction of sp³-hybridized carbons (Fsp3) is 0.500. The first-order valence-corrected chi connectivity index (χ1v) is 5.60. The van der Waals surface area contributed by atoms with Crippen molar-refractivity contribution in [1.82, 2.24) is 5.32 Å². The Bertz CT molecular complexity index is 435. The van der Waals surface area contributed by atoms with Gasteiger partial charge in [0.2, 0.25) is 0 Å². The Morgan fingerprint density at radius 1 is 1.50 bits per heavy atom. The van der Waals surface area contributed by atoms with E-state index >= 15 is 0 Å². The van der Waals surface area contributed by atoms with Gasteiger partial charge in [-0.2, -0.15) is 0 Å². The van der Waals surface area contributed by atoms with Crippen LogP contribution in [-0.4, -0.2) is 23.2 Å². The van der Waals surface area contributed by atoms with Gasteiger partial charge in [0.25, 0.3) is 5.69 Å². The Hall–Kier alpha value is -1.53. The van der Waals surface area contributed by atoms with Gasteiger partial charge in [0.05, 0.1) is 4.92 Å². The highest BCUT2D eigenvalue weighted by molar-refractivity contribution is 5.40. The monoisotopic (exact) mass is 256 g/mol. The van der Waals surface area contributed by atoms with Gasteiger partial charge >= 0.3 is 0 Å². The van der Waals surface area contributed by atoms with Crippen molar-refractivity contribution >= 4 is 5.69 Å². The molecule has 0 fully saturated rings. The molecule has 0 heterocycles. The highest BCUT2D eigenvalue weighted by Crippen LogP contribution is 2.20. The Kier molecular flexibility index (Phi) is 4.75. The number of aliphatic hydroxyl groups excluding tert-OH is 1. The summed E-state index contributed by atoms with van der Waals surface area (Å²) in [6.45, 7) is 4.40. The molecule has 1 rings (SSSR count). The van der Waals surface area contributed by atoms with Crippen LogP contribution in [0.25, 0.3) is 0 Å². The van der Waals surface area contributed by atoms with Gasteiger partial charge in [0.1, 0.15) is 5.82 Å². The van der Waals surface area contributed by atoms with Gasteiger partial charge in [0.15, 0.2) is 0 Å². The first-order valence-electron chi connectivity index (χ1n) is 5.60. The lowest BCUT2D eigenvalue weighted by Crippen LogP contribution is -2.32. The summed E-state index contributed by atoms with van der Waals surface area (Å²) in [5.41, 5.74) is -0.123. The summed E-state index contributed by atoms with van der Waals surface area (Å²) in [5, 5.41) is 22.8. The summed E-state index contributed by atoms with van der Waals surface area (Å²) in [6, 6.07) is 3.37. The normalized spacial score (nSPS) is 11.6. The van der Waals surface area contributed by atoms with E-state index in [4.69, 9.17) is 5.11 Å². The third kappa shape index (κ3) is 4.05. The minimum atomic E-state index is -0.534. The van der Waals surface area contributed by atoms with Gasteiger partial charge in [-0.05, 0) is 12.1 Å². The zero-order valence-corrected chi connectivity index (χ0v) is 10.4. The number of nitrogens with zero attached hydrogens (tertiary/aromatic N) is 1. The van der Waals surface area contributed by atoms with Gasteiger partial charge in [0, 0.05) is 36.7 Å². The molecular weight excluding hydrogens is 239 g/mol. The van der Waals surface area contributed by atoms with Gasteiger partial charge < -0.3 is 10.4 Å². The number of nitrogens with one attached hydrogen (secondary N) is 1. The molecule has 6 heteroatoms. The number of nitro benzene ring substituents is 1. The fourth-order valence-corrected chi connectivity index (χ4v) is 1.47. The standard InChI is InChI=1S/C12H17FN2O3/c1-12(2,8-16)7-14-6-9-5-10(13)3-4-11(9)15(17)18/h3-5,14,16H,6-8H2,1-2H3. The SMILES string of the molecule is CC(C)(CO)CNCc1cc(F)ccc1[N+](=O)[O-]. The Balaban J connectivity index is 2.72. The van der Waals surface area contributed by atoms with Crippen LogP contribution in [-0.2, 0) is 6.54 Å². The van der Waals surface area contributed by atoms with E-state index in [0.717, 1.165) is 18.2 Å². The van der Waals surface area contributed by atoms with Crippen LogP contribution in [0.4, 0.5) is 10.1 Å². The molecule has 0 aliphatic carbocycles. The highest BCUT2D eigenvalue weighted by Gasteiger charge is 2.18.